The van der Waals surface area contributed by atoms with Crippen LogP contribution in [0, 0.1) is 5.82 Å². The zero-order valence-electron chi connectivity index (χ0n) is 19.3. The Hall–Kier alpha value is -3.30. The molecular formula is C25H24ClFN4O4. The van der Waals surface area contributed by atoms with E-state index in [0.29, 0.717) is 28.8 Å². The topological polar surface area (TPSA) is 90.0 Å². The summed E-state index contributed by atoms with van der Waals surface area (Å²) in [7, 11) is 3.77. The van der Waals surface area contributed by atoms with Crippen molar-refractivity contribution < 1.29 is 23.6 Å². The molecule has 0 radical (unpaired) electrons. The summed E-state index contributed by atoms with van der Waals surface area (Å²) >= 11 is 5.99. The monoisotopic (exact) mass is 498 g/mol. The average molecular weight is 499 g/mol. The highest BCUT2D eigenvalue weighted by atomic mass is 35.5. The van der Waals surface area contributed by atoms with Crippen molar-refractivity contribution in [3.8, 4) is 0 Å². The Bertz CT molecular complexity index is 1280. The molecule has 0 bridgehead atoms. The predicted octanol–water partition coefficient (Wildman–Crippen LogP) is 2.50. The Balaban J connectivity index is 1.42. The standard InChI is InChI=1S/C25H24ClFN4O4/c1-29(2)12-20-16-5-6-18(26)22(27)17(16)11-31(20)24(34)13-3-4-15-14(9-13)10-30(25(15)35)19-7-8-21(32)28-23(19)33/h3-6,9,19-20H,7-8,10-12H2,1-2H3,(H,28,32,33)/t19-,20-/m0/s1. The van der Waals surface area contributed by atoms with Gasteiger partial charge in [-0.3, -0.25) is 24.5 Å². The molecule has 35 heavy (non-hydrogen) atoms. The molecule has 2 aromatic carbocycles. The third kappa shape index (κ3) is 3.98. The van der Waals surface area contributed by atoms with Crippen molar-refractivity contribution in [3.05, 3.63) is 69.0 Å². The summed E-state index contributed by atoms with van der Waals surface area (Å²) in [5.74, 6) is -1.93. The second-order valence-corrected chi connectivity index (χ2v) is 9.82. The van der Waals surface area contributed by atoms with Gasteiger partial charge in [0.25, 0.3) is 11.8 Å². The molecular weight excluding hydrogens is 475 g/mol. The van der Waals surface area contributed by atoms with E-state index in [1.807, 2.05) is 19.0 Å². The fourth-order valence-corrected chi connectivity index (χ4v) is 5.34. The van der Waals surface area contributed by atoms with Crippen molar-refractivity contribution in [2.24, 2.45) is 0 Å². The van der Waals surface area contributed by atoms with Gasteiger partial charge in [-0.25, -0.2) is 4.39 Å². The van der Waals surface area contributed by atoms with Gasteiger partial charge in [0, 0.05) is 42.7 Å². The molecule has 5 rings (SSSR count). The molecule has 2 aromatic rings. The number of piperidine rings is 1. The van der Waals surface area contributed by atoms with Gasteiger partial charge >= 0.3 is 0 Å². The van der Waals surface area contributed by atoms with Crippen molar-refractivity contribution >= 4 is 35.2 Å². The van der Waals surface area contributed by atoms with Gasteiger partial charge in [-0.2, -0.15) is 0 Å². The van der Waals surface area contributed by atoms with Crippen LogP contribution in [0.5, 0.6) is 0 Å². The van der Waals surface area contributed by atoms with Crippen molar-refractivity contribution in [2.45, 2.75) is 38.0 Å². The van der Waals surface area contributed by atoms with Crippen LogP contribution in [0.1, 0.15) is 56.3 Å². The van der Waals surface area contributed by atoms with Crippen molar-refractivity contribution in [1.82, 2.24) is 20.0 Å². The highest BCUT2D eigenvalue weighted by molar-refractivity contribution is 6.30. The molecule has 4 amide bonds. The number of fused-ring (bicyclic) bond motifs is 2. The number of nitrogens with zero attached hydrogens (tertiary/aromatic N) is 3. The van der Waals surface area contributed by atoms with Crippen LogP contribution in [0.15, 0.2) is 30.3 Å². The molecule has 3 aliphatic heterocycles. The highest BCUT2D eigenvalue weighted by Crippen LogP contribution is 2.39. The number of likely N-dealkylation sites (N-methyl/N-ethyl adjacent to an activating group) is 1. The molecule has 0 spiro atoms. The number of amides is 4. The van der Waals surface area contributed by atoms with E-state index in [0.717, 1.165) is 5.56 Å². The summed E-state index contributed by atoms with van der Waals surface area (Å²) < 4.78 is 14.8. The number of rotatable bonds is 4. The number of carbonyl (C=O) groups excluding carboxylic acids is 4. The maximum atomic E-state index is 14.8. The molecule has 3 heterocycles. The Labute approximate surface area is 206 Å². The van der Waals surface area contributed by atoms with Crippen LogP contribution < -0.4 is 5.32 Å². The molecule has 0 saturated carbocycles. The molecule has 3 aliphatic rings. The van der Waals surface area contributed by atoms with E-state index in [1.54, 1.807) is 29.2 Å². The van der Waals surface area contributed by atoms with Crippen molar-refractivity contribution in [2.75, 3.05) is 20.6 Å². The molecule has 1 N–H and O–H groups in total. The van der Waals surface area contributed by atoms with Gasteiger partial charge in [-0.1, -0.05) is 17.7 Å². The Morgan fingerprint density at radius 1 is 1.17 bits per heavy atom. The summed E-state index contributed by atoms with van der Waals surface area (Å²) in [5.41, 5.74) is 2.59. The molecule has 2 atom stereocenters. The van der Waals surface area contributed by atoms with E-state index >= 15 is 0 Å². The number of hydrogen-bond donors (Lipinski definition) is 1. The zero-order valence-corrected chi connectivity index (χ0v) is 20.1. The molecule has 8 nitrogen and oxygen atoms in total. The summed E-state index contributed by atoms with van der Waals surface area (Å²) in [5, 5.41) is 2.30. The quantitative estimate of drug-likeness (QED) is 0.654. The SMILES string of the molecule is CN(C)C[C@H]1c2ccc(Cl)c(F)c2CN1C(=O)c1ccc2c(c1)CN([C@H]1CCC(=O)NC1=O)C2=O. The van der Waals surface area contributed by atoms with Gasteiger partial charge in [-0.05, 0) is 55.9 Å². The number of benzene rings is 2. The van der Waals surface area contributed by atoms with Crippen LogP contribution >= 0.6 is 11.6 Å². The Kier molecular flexibility index (Phi) is 5.85. The maximum Gasteiger partial charge on any atom is 0.255 e. The van der Waals surface area contributed by atoms with E-state index in [-0.39, 0.29) is 54.7 Å². The first-order valence-electron chi connectivity index (χ1n) is 11.4. The second-order valence-electron chi connectivity index (χ2n) is 9.41. The van der Waals surface area contributed by atoms with Crippen LogP contribution in [0.3, 0.4) is 0 Å². The van der Waals surface area contributed by atoms with Gasteiger partial charge in [0.1, 0.15) is 11.9 Å². The minimum absolute atomic E-state index is 0.0197. The van der Waals surface area contributed by atoms with E-state index in [2.05, 4.69) is 5.32 Å². The molecule has 10 heteroatoms. The van der Waals surface area contributed by atoms with Crippen LogP contribution in [0.2, 0.25) is 5.02 Å². The van der Waals surface area contributed by atoms with Crippen LogP contribution in [0.25, 0.3) is 0 Å². The normalized spacial score (nSPS) is 21.5. The molecule has 1 fully saturated rings. The molecule has 1 saturated heterocycles. The van der Waals surface area contributed by atoms with Gasteiger partial charge in [0.2, 0.25) is 11.8 Å². The lowest BCUT2D eigenvalue weighted by Crippen LogP contribution is -2.52. The third-order valence-electron chi connectivity index (χ3n) is 6.87. The lowest BCUT2D eigenvalue weighted by atomic mass is 10.0. The minimum atomic E-state index is -0.725. The van der Waals surface area contributed by atoms with Gasteiger partial charge in [0.15, 0.2) is 0 Å². The number of nitrogens with one attached hydrogen (secondary N) is 1. The zero-order chi connectivity index (χ0) is 25.0. The lowest BCUT2D eigenvalue weighted by molar-refractivity contribution is -0.136. The first-order valence-corrected chi connectivity index (χ1v) is 11.7. The fraction of sp³-hybridized carbons (Fsp3) is 0.360. The Morgan fingerprint density at radius 3 is 2.66 bits per heavy atom. The highest BCUT2D eigenvalue weighted by Gasteiger charge is 2.40. The molecule has 0 aliphatic carbocycles. The molecule has 0 unspecified atom stereocenters. The van der Waals surface area contributed by atoms with Crippen LogP contribution in [0.4, 0.5) is 4.39 Å². The van der Waals surface area contributed by atoms with E-state index < -0.39 is 17.8 Å². The van der Waals surface area contributed by atoms with Crippen molar-refractivity contribution in [3.63, 3.8) is 0 Å². The van der Waals surface area contributed by atoms with Gasteiger partial charge in [-0.15, -0.1) is 0 Å². The minimum Gasteiger partial charge on any atom is -0.326 e. The number of hydrogen-bond acceptors (Lipinski definition) is 5. The summed E-state index contributed by atoms with van der Waals surface area (Å²) in [6, 6.07) is 7.05. The summed E-state index contributed by atoms with van der Waals surface area (Å²) in [6.45, 7) is 0.775. The van der Waals surface area contributed by atoms with Crippen LogP contribution in [-0.4, -0.2) is 65.0 Å². The van der Waals surface area contributed by atoms with E-state index in [4.69, 9.17) is 11.6 Å². The predicted molar refractivity (Wildman–Crippen MR) is 125 cm³/mol. The number of imide groups is 1. The van der Waals surface area contributed by atoms with E-state index in [1.165, 1.54) is 11.0 Å². The van der Waals surface area contributed by atoms with Gasteiger partial charge in [0.05, 0.1) is 11.1 Å². The maximum absolute atomic E-state index is 14.8. The molecule has 182 valence electrons. The number of halogens is 2. The summed E-state index contributed by atoms with van der Waals surface area (Å²) in [6.07, 6.45) is 0.437. The third-order valence-corrected chi connectivity index (χ3v) is 7.16. The Morgan fingerprint density at radius 2 is 1.94 bits per heavy atom. The first-order chi connectivity index (χ1) is 16.7. The fourth-order valence-electron chi connectivity index (χ4n) is 5.16. The van der Waals surface area contributed by atoms with E-state index in [9.17, 15) is 23.6 Å². The van der Waals surface area contributed by atoms with Crippen LogP contribution in [-0.2, 0) is 22.7 Å². The van der Waals surface area contributed by atoms with Crippen molar-refractivity contribution in [1.29, 1.82) is 0 Å². The second kappa shape index (κ2) is 8.73. The largest absolute Gasteiger partial charge is 0.326 e. The average Bonchev–Trinajstić information content (AvgIpc) is 3.33. The smallest absolute Gasteiger partial charge is 0.255 e. The molecule has 0 aromatic heterocycles. The number of carbonyl (C=O) groups is 4. The summed E-state index contributed by atoms with van der Waals surface area (Å²) in [4.78, 5) is 55.3. The lowest BCUT2D eigenvalue weighted by Gasteiger charge is -2.29. The first kappa shape index (κ1) is 23.4. The van der Waals surface area contributed by atoms with Gasteiger partial charge < -0.3 is 14.7 Å².